The molecule has 10 heteroatoms. The standard InChI is InChI=1S/C20H24F3N3O3.HI/c1-13(28-18-9-5-4-8-17(18)27-3)11-25-20(24-2)26-12-14-15(21)7-6-10-16(14)29-19(22)23;/h4-10,13,19H,11-12H2,1-3H3,(H2,24,25,26);1H. The van der Waals surface area contributed by atoms with Crippen molar-refractivity contribution in [2.45, 2.75) is 26.2 Å². The van der Waals surface area contributed by atoms with E-state index in [0.29, 0.717) is 24.0 Å². The summed E-state index contributed by atoms with van der Waals surface area (Å²) in [5.74, 6) is 0.696. The number of halogens is 4. The van der Waals surface area contributed by atoms with Gasteiger partial charge in [-0.3, -0.25) is 4.99 Å². The Labute approximate surface area is 190 Å². The van der Waals surface area contributed by atoms with E-state index < -0.39 is 12.4 Å². The van der Waals surface area contributed by atoms with Gasteiger partial charge in [-0.15, -0.1) is 24.0 Å². The van der Waals surface area contributed by atoms with Crippen molar-refractivity contribution in [3.8, 4) is 17.2 Å². The summed E-state index contributed by atoms with van der Waals surface area (Å²) < 4.78 is 54.5. The highest BCUT2D eigenvalue weighted by atomic mass is 127. The molecule has 0 bridgehead atoms. The highest BCUT2D eigenvalue weighted by Gasteiger charge is 2.15. The molecule has 0 aliphatic rings. The molecule has 2 rings (SSSR count). The van der Waals surface area contributed by atoms with Crippen LogP contribution in [0.5, 0.6) is 17.2 Å². The van der Waals surface area contributed by atoms with Crippen molar-refractivity contribution >= 4 is 29.9 Å². The molecule has 0 fully saturated rings. The summed E-state index contributed by atoms with van der Waals surface area (Å²) in [5.41, 5.74) is -0.0194. The number of para-hydroxylation sites is 2. The summed E-state index contributed by atoms with van der Waals surface area (Å²) in [6, 6.07) is 11.0. The largest absolute Gasteiger partial charge is 0.493 e. The molecule has 2 N–H and O–H groups in total. The molecule has 166 valence electrons. The summed E-state index contributed by atoms with van der Waals surface area (Å²) >= 11 is 0. The molecular weight excluding hydrogens is 514 g/mol. The van der Waals surface area contributed by atoms with Crippen molar-refractivity contribution in [3.05, 3.63) is 53.8 Å². The van der Waals surface area contributed by atoms with E-state index in [2.05, 4.69) is 20.4 Å². The lowest BCUT2D eigenvalue weighted by Gasteiger charge is -2.19. The van der Waals surface area contributed by atoms with E-state index in [1.54, 1.807) is 26.3 Å². The van der Waals surface area contributed by atoms with Gasteiger partial charge in [0.1, 0.15) is 17.7 Å². The van der Waals surface area contributed by atoms with E-state index >= 15 is 0 Å². The van der Waals surface area contributed by atoms with Gasteiger partial charge in [-0.1, -0.05) is 18.2 Å². The summed E-state index contributed by atoms with van der Waals surface area (Å²) in [6.07, 6.45) is -0.240. The zero-order valence-electron chi connectivity index (χ0n) is 16.8. The van der Waals surface area contributed by atoms with Crippen molar-refractivity contribution in [2.75, 3.05) is 20.7 Å². The van der Waals surface area contributed by atoms with Gasteiger partial charge >= 0.3 is 6.61 Å². The molecule has 0 spiro atoms. The second-order valence-corrected chi connectivity index (χ2v) is 5.98. The Morgan fingerprint density at radius 2 is 1.67 bits per heavy atom. The molecule has 1 atom stereocenters. The number of nitrogens with zero attached hydrogens (tertiary/aromatic N) is 1. The van der Waals surface area contributed by atoms with Gasteiger partial charge in [0.25, 0.3) is 0 Å². The lowest BCUT2D eigenvalue weighted by molar-refractivity contribution is -0.0506. The van der Waals surface area contributed by atoms with Crippen LogP contribution in [-0.4, -0.2) is 39.4 Å². The molecule has 0 amide bonds. The van der Waals surface area contributed by atoms with Gasteiger partial charge < -0.3 is 24.8 Å². The van der Waals surface area contributed by atoms with Crippen LogP contribution < -0.4 is 24.8 Å². The van der Waals surface area contributed by atoms with Gasteiger partial charge in [-0.25, -0.2) is 4.39 Å². The maximum absolute atomic E-state index is 14.0. The highest BCUT2D eigenvalue weighted by molar-refractivity contribution is 14.0. The van der Waals surface area contributed by atoms with Gasteiger partial charge in [0, 0.05) is 19.2 Å². The highest BCUT2D eigenvalue weighted by Crippen LogP contribution is 2.26. The number of ether oxygens (including phenoxy) is 3. The second-order valence-electron chi connectivity index (χ2n) is 5.98. The van der Waals surface area contributed by atoms with Crippen molar-refractivity contribution in [2.24, 2.45) is 4.99 Å². The van der Waals surface area contributed by atoms with E-state index in [-0.39, 0.29) is 47.9 Å². The Bertz CT molecular complexity index is 825. The molecule has 0 radical (unpaired) electrons. The van der Waals surface area contributed by atoms with Gasteiger partial charge in [0.15, 0.2) is 17.5 Å². The van der Waals surface area contributed by atoms with Crippen LogP contribution in [-0.2, 0) is 6.54 Å². The summed E-state index contributed by atoms with van der Waals surface area (Å²) in [7, 11) is 3.10. The average Bonchev–Trinajstić information content (AvgIpc) is 2.69. The Morgan fingerprint density at radius 1 is 1.00 bits per heavy atom. The number of nitrogens with one attached hydrogen (secondary N) is 2. The Morgan fingerprint density at radius 3 is 2.30 bits per heavy atom. The molecule has 0 saturated carbocycles. The molecule has 30 heavy (non-hydrogen) atoms. The van der Waals surface area contributed by atoms with E-state index in [1.165, 1.54) is 18.2 Å². The Hall–Kier alpha value is -2.37. The summed E-state index contributed by atoms with van der Waals surface area (Å²) in [5, 5.41) is 5.91. The smallest absolute Gasteiger partial charge is 0.387 e. The molecular formula is C20H25F3IN3O3. The van der Waals surface area contributed by atoms with Gasteiger partial charge in [0.05, 0.1) is 13.7 Å². The SMILES string of the molecule is CN=C(NCc1c(F)cccc1OC(F)F)NCC(C)Oc1ccccc1OC.I. The third kappa shape index (κ3) is 7.81. The Balaban J connectivity index is 0.00000450. The molecule has 0 saturated heterocycles. The van der Waals surface area contributed by atoms with Crippen molar-refractivity contribution in [1.82, 2.24) is 10.6 Å². The first-order valence-corrected chi connectivity index (χ1v) is 8.91. The summed E-state index contributed by atoms with van der Waals surface area (Å²) in [4.78, 5) is 4.04. The van der Waals surface area contributed by atoms with Crippen LogP contribution >= 0.6 is 24.0 Å². The predicted molar refractivity (Wildman–Crippen MR) is 120 cm³/mol. The van der Waals surface area contributed by atoms with Crippen LogP contribution in [0, 0.1) is 5.82 Å². The quantitative estimate of drug-likeness (QED) is 0.285. The minimum absolute atomic E-state index is 0. The lowest BCUT2D eigenvalue weighted by atomic mass is 10.2. The molecule has 0 heterocycles. The Kier molecular flexibility index (Phi) is 11.2. The van der Waals surface area contributed by atoms with E-state index in [0.717, 1.165) is 0 Å². The zero-order valence-corrected chi connectivity index (χ0v) is 19.2. The second kappa shape index (κ2) is 13.0. The minimum atomic E-state index is -3.04. The third-order valence-corrected chi connectivity index (χ3v) is 3.90. The van der Waals surface area contributed by atoms with Gasteiger partial charge in [-0.2, -0.15) is 8.78 Å². The number of aliphatic imine (C=N–C) groups is 1. The number of hydrogen-bond acceptors (Lipinski definition) is 4. The number of alkyl halides is 2. The van der Waals surface area contributed by atoms with Crippen molar-refractivity contribution in [3.63, 3.8) is 0 Å². The fourth-order valence-corrected chi connectivity index (χ4v) is 2.52. The molecule has 2 aromatic rings. The maximum Gasteiger partial charge on any atom is 0.387 e. The molecule has 0 aliphatic carbocycles. The first kappa shape index (κ1) is 25.7. The van der Waals surface area contributed by atoms with Crippen molar-refractivity contribution in [1.29, 1.82) is 0 Å². The van der Waals surface area contributed by atoms with E-state index in [1.807, 2.05) is 19.1 Å². The van der Waals surface area contributed by atoms with Crippen LogP contribution in [0.4, 0.5) is 13.2 Å². The van der Waals surface area contributed by atoms with Gasteiger partial charge in [0.2, 0.25) is 0 Å². The average molecular weight is 539 g/mol. The molecule has 6 nitrogen and oxygen atoms in total. The minimum Gasteiger partial charge on any atom is -0.493 e. The molecule has 0 aromatic heterocycles. The fraction of sp³-hybridized carbons (Fsp3) is 0.350. The molecule has 1 unspecified atom stereocenters. The van der Waals surface area contributed by atoms with E-state index in [9.17, 15) is 13.2 Å². The molecule has 0 aliphatic heterocycles. The third-order valence-electron chi connectivity index (χ3n) is 3.90. The van der Waals surface area contributed by atoms with Crippen LogP contribution in [0.2, 0.25) is 0 Å². The first-order valence-electron chi connectivity index (χ1n) is 8.91. The topological polar surface area (TPSA) is 64.1 Å². The molecule has 2 aromatic carbocycles. The maximum atomic E-state index is 14.0. The van der Waals surface area contributed by atoms with Gasteiger partial charge in [-0.05, 0) is 31.2 Å². The summed E-state index contributed by atoms with van der Waals surface area (Å²) in [6.45, 7) is -0.884. The van der Waals surface area contributed by atoms with Crippen LogP contribution in [0.1, 0.15) is 12.5 Å². The monoisotopic (exact) mass is 539 g/mol. The number of rotatable bonds is 9. The van der Waals surface area contributed by atoms with Crippen LogP contribution in [0.15, 0.2) is 47.5 Å². The van der Waals surface area contributed by atoms with E-state index in [4.69, 9.17) is 9.47 Å². The number of guanidine groups is 1. The normalized spacial score (nSPS) is 12.0. The van der Waals surface area contributed by atoms with Crippen LogP contribution in [0.25, 0.3) is 0 Å². The number of benzene rings is 2. The number of methoxy groups -OCH3 is 1. The predicted octanol–water partition coefficient (Wildman–Crippen LogP) is 4.19. The fourth-order valence-electron chi connectivity index (χ4n) is 2.52. The zero-order chi connectivity index (χ0) is 21.2. The number of hydrogen-bond donors (Lipinski definition) is 2. The first-order chi connectivity index (χ1) is 13.9. The van der Waals surface area contributed by atoms with Crippen LogP contribution in [0.3, 0.4) is 0 Å². The van der Waals surface area contributed by atoms with Crippen molar-refractivity contribution < 1.29 is 27.4 Å². The lowest BCUT2D eigenvalue weighted by Crippen LogP contribution is -2.41.